The summed E-state index contributed by atoms with van der Waals surface area (Å²) < 4.78 is 132. The van der Waals surface area contributed by atoms with Crippen molar-refractivity contribution in [2.75, 3.05) is 27.1 Å². The third-order valence-corrected chi connectivity index (χ3v) is 1.97. The molecule has 0 aliphatic rings. The average Bonchev–Trinajstić information content (AvgIpc) is 3.20. The molecule has 0 aliphatic carbocycles. The molecule has 1 aromatic carbocycles. The van der Waals surface area contributed by atoms with Crippen molar-refractivity contribution in [3.63, 3.8) is 0 Å². The molecule has 2 rings (SSSR count). The van der Waals surface area contributed by atoms with Crippen LogP contribution in [0.5, 0.6) is 0 Å². The highest BCUT2D eigenvalue weighted by Crippen LogP contribution is 2.25. The third-order valence-electron chi connectivity index (χ3n) is 1.97. The molecule has 4 heteroatoms. The lowest BCUT2D eigenvalue weighted by Gasteiger charge is -2.20. The van der Waals surface area contributed by atoms with E-state index in [2.05, 4.69) is 5.10 Å². The van der Waals surface area contributed by atoms with Gasteiger partial charge in [-0.25, -0.2) is 0 Å². The first-order chi connectivity index (χ1) is 15.5. The summed E-state index contributed by atoms with van der Waals surface area (Å²) in [5.74, 6) is 0. The predicted molar refractivity (Wildman–Crippen MR) is 76.0 cm³/mol. The van der Waals surface area contributed by atoms with Gasteiger partial charge in [-0.3, -0.25) is 4.68 Å². The maximum Gasteiger partial charge on any atom is 0.124 e. The van der Waals surface area contributed by atoms with Gasteiger partial charge in [0.1, 0.15) is 6.08 Å². The van der Waals surface area contributed by atoms with E-state index in [1.807, 2.05) is 0 Å². The first-order valence-corrected chi connectivity index (χ1v) is 5.08. The summed E-state index contributed by atoms with van der Waals surface area (Å²) in [5.41, 5.74) is -1.86. The number of benzene rings is 1. The summed E-state index contributed by atoms with van der Waals surface area (Å²) in [4.78, 5) is 0.00340. The first kappa shape index (κ1) is 3.93. The molecule has 0 saturated heterocycles. The molecule has 1 heterocycles. The fourth-order valence-corrected chi connectivity index (χ4v) is 1.21. The Kier molecular flexibility index (Phi) is 1.34. The summed E-state index contributed by atoms with van der Waals surface area (Å²) in [6.07, 6.45) is -2.44. The number of rotatable bonds is 6. The van der Waals surface area contributed by atoms with E-state index in [0.717, 1.165) is 19.3 Å². The van der Waals surface area contributed by atoms with Gasteiger partial charge >= 0.3 is 0 Å². The van der Waals surface area contributed by atoms with Crippen LogP contribution in [0.3, 0.4) is 0 Å². The minimum atomic E-state index is -3.73. The first-order valence-electron chi connectivity index (χ1n) is 13.1. The molecular formula is C15H21N3O. The van der Waals surface area contributed by atoms with Crippen LogP contribution in [-0.2, 0) is 11.7 Å². The van der Waals surface area contributed by atoms with Gasteiger partial charge in [0.05, 0.1) is 23.2 Å². The molecule has 1 atom stereocenters. The van der Waals surface area contributed by atoms with E-state index in [9.17, 15) is 0 Å². The van der Waals surface area contributed by atoms with Crippen molar-refractivity contribution >= 4 is 0 Å². The molecular weight excluding hydrogens is 238 g/mol. The second-order valence-electron chi connectivity index (χ2n) is 3.33. The van der Waals surface area contributed by atoms with Crippen molar-refractivity contribution in [1.29, 1.82) is 0 Å². The number of likely N-dealkylation sites (N-methyl/N-ethyl adjacent to an activating group) is 1. The monoisotopic (exact) mass is 275 g/mol. The molecule has 4 nitrogen and oxygen atoms in total. The Morgan fingerprint density at radius 1 is 1.58 bits per heavy atom. The van der Waals surface area contributed by atoms with Crippen LogP contribution < -0.4 is 0 Å². The normalized spacial score (nSPS) is 29.6. The minimum absolute atomic E-state index is 0.00340. The Hall–Kier alpha value is -1.65. The summed E-state index contributed by atoms with van der Waals surface area (Å²) >= 11 is 0. The highest BCUT2D eigenvalue weighted by molar-refractivity contribution is 5.25. The summed E-state index contributed by atoms with van der Waals surface area (Å²) in [6.45, 7) is -13.5. The molecule has 0 saturated carbocycles. The molecule has 0 amide bonds. The molecule has 19 heavy (non-hydrogen) atoms. The van der Waals surface area contributed by atoms with Crippen LogP contribution in [0.4, 0.5) is 0 Å². The van der Waals surface area contributed by atoms with Crippen molar-refractivity contribution in [1.82, 2.24) is 14.7 Å². The quantitative estimate of drug-likeness (QED) is 0.808. The number of hydrogen-bond donors (Lipinski definition) is 0. The van der Waals surface area contributed by atoms with Crippen molar-refractivity contribution in [3.8, 4) is 0 Å². The van der Waals surface area contributed by atoms with E-state index >= 15 is 0 Å². The summed E-state index contributed by atoms with van der Waals surface area (Å²) in [7, 11) is 0.719. The standard InChI is InChI=1S/C15H21N3O/c1-17(2)11-12-19-15(13-7-5-4-6-8-13)14-9-10-16-18(14)3/h4-10,15H,11-12H2,1-3H3/i1D3,3D3,4D,5D,6D,7D,8D,11D2,12D2,15D. The van der Waals surface area contributed by atoms with Crippen molar-refractivity contribution in [3.05, 3.63) is 53.7 Å². The van der Waals surface area contributed by atoms with Gasteiger partial charge in [-0.15, -0.1) is 0 Å². The van der Waals surface area contributed by atoms with Crippen LogP contribution in [-0.4, -0.2) is 41.8 Å². The molecule has 0 radical (unpaired) electrons. The second-order valence-corrected chi connectivity index (χ2v) is 3.33. The fraction of sp³-hybridized carbons (Fsp3) is 0.400. The van der Waals surface area contributed by atoms with E-state index in [0.29, 0.717) is 0 Å². The van der Waals surface area contributed by atoms with E-state index < -0.39 is 74.6 Å². The van der Waals surface area contributed by atoms with Crippen LogP contribution >= 0.6 is 0 Å². The van der Waals surface area contributed by atoms with E-state index in [1.165, 1.54) is 0 Å². The lowest BCUT2D eigenvalue weighted by Crippen LogP contribution is -2.20. The van der Waals surface area contributed by atoms with Gasteiger partial charge in [-0.1, -0.05) is 30.2 Å². The lowest BCUT2D eigenvalue weighted by atomic mass is 10.1. The Labute approximate surface area is 137 Å². The second kappa shape index (κ2) is 6.50. The summed E-state index contributed by atoms with van der Waals surface area (Å²) in [6, 6.07) is -4.02. The Balaban J connectivity index is 2.94. The van der Waals surface area contributed by atoms with Crippen LogP contribution in [0.1, 0.15) is 39.3 Å². The summed E-state index contributed by atoms with van der Waals surface area (Å²) in [5, 5.41) is 3.55. The van der Waals surface area contributed by atoms with Gasteiger partial charge in [0, 0.05) is 30.6 Å². The Morgan fingerprint density at radius 2 is 2.42 bits per heavy atom. The van der Waals surface area contributed by atoms with Gasteiger partial charge in [0.15, 0.2) is 0 Å². The zero-order chi connectivity index (χ0) is 27.5. The highest BCUT2D eigenvalue weighted by atomic mass is 16.5. The van der Waals surface area contributed by atoms with Gasteiger partial charge in [0.25, 0.3) is 0 Å². The smallest absolute Gasteiger partial charge is 0.124 e. The van der Waals surface area contributed by atoms with Crippen LogP contribution in [0.25, 0.3) is 0 Å². The van der Waals surface area contributed by atoms with Crippen LogP contribution in [0, 0.1) is 0 Å². The molecule has 0 N–H and O–H groups in total. The predicted octanol–water partition coefficient (Wildman–Crippen LogP) is 2.09. The average molecular weight is 275 g/mol. The van der Waals surface area contributed by atoms with Crippen LogP contribution in [0.15, 0.2) is 42.5 Å². The maximum absolute atomic E-state index is 8.95. The molecule has 1 unspecified atom stereocenters. The van der Waals surface area contributed by atoms with Gasteiger partial charge in [-0.2, -0.15) is 5.10 Å². The number of aryl methyl sites for hydroxylation is 1. The zero-order valence-corrected chi connectivity index (χ0v) is 9.90. The Morgan fingerprint density at radius 3 is 3.16 bits per heavy atom. The van der Waals surface area contributed by atoms with Gasteiger partial charge in [0.2, 0.25) is 0 Å². The number of nitrogens with zero attached hydrogens (tertiary/aromatic N) is 3. The number of hydrogen-bond acceptors (Lipinski definition) is 3. The maximum atomic E-state index is 8.95. The molecule has 2 aromatic rings. The van der Waals surface area contributed by atoms with Gasteiger partial charge < -0.3 is 9.64 Å². The SMILES string of the molecule is [2H]c1c([2H])c([2H])c(C([2H])(OC([2H])([2H])C([2H])([2H])N(C)C([2H])([2H])[2H])c2ccnn2C([2H])([2H])[2H])c([2H])c1[2H]. The highest BCUT2D eigenvalue weighted by Gasteiger charge is 2.17. The number of ether oxygens (including phenoxy) is 1. The van der Waals surface area contributed by atoms with E-state index in [-0.39, 0.29) is 9.58 Å². The molecule has 0 spiro atoms. The molecule has 0 bridgehead atoms. The van der Waals surface area contributed by atoms with Gasteiger partial charge in [-0.05, 0) is 25.7 Å². The van der Waals surface area contributed by atoms with E-state index in [1.54, 1.807) is 0 Å². The topological polar surface area (TPSA) is 30.3 Å². The largest absolute Gasteiger partial charge is 0.366 e. The zero-order valence-electron chi connectivity index (χ0n) is 25.9. The van der Waals surface area contributed by atoms with E-state index in [4.69, 9.17) is 26.7 Å². The lowest BCUT2D eigenvalue weighted by molar-refractivity contribution is 0.0638. The number of aromatic nitrogens is 2. The molecule has 1 aromatic heterocycles. The third kappa shape index (κ3) is 3.66. The Bertz CT molecular complexity index is 1080. The van der Waals surface area contributed by atoms with Crippen molar-refractivity contribution in [2.45, 2.75) is 6.08 Å². The molecule has 0 aliphatic heterocycles. The van der Waals surface area contributed by atoms with Crippen molar-refractivity contribution in [2.24, 2.45) is 6.98 Å². The fourth-order valence-electron chi connectivity index (χ4n) is 1.21. The molecule has 102 valence electrons. The minimum Gasteiger partial charge on any atom is -0.366 e. The molecule has 0 fully saturated rings. The van der Waals surface area contributed by atoms with Crippen molar-refractivity contribution < 1.29 is 26.7 Å². The van der Waals surface area contributed by atoms with Crippen LogP contribution in [0.2, 0.25) is 0 Å².